The molecule has 6 nitrogen and oxygen atoms in total. The van der Waals surface area contributed by atoms with Gasteiger partial charge in [-0.2, -0.15) is 0 Å². The molecule has 0 aliphatic heterocycles. The molecule has 0 rings (SSSR count). The Labute approximate surface area is 128 Å². The van der Waals surface area contributed by atoms with Crippen molar-refractivity contribution in [2.45, 2.75) is 25.7 Å². The van der Waals surface area contributed by atoms with Crippen LogP contribution < -0.4 is 10.6 Å². The third-order valence-corrected chi connectivity index (χ3v) is 3.01. The average molecular weight is 298 g/mol. The van der Waals surface area contributed by atoms with Gasteiger partial charge in [0, 0.05) is 34.3 Å². The van der Waals surface area contributed by atoms with Crippen molar-refractivity contribution < 1.29 is 9.53 Å². The van der Waals surface area contributed by atoms with Gasteiger partial charge in [-0.15, -0.1) is 6.58 Å². The second kappa shape index (κ2) is 13.4. The maximum atomic E-state index is 11.6. The Kier molecular flexibility index (Phi) is 12.4. The smallest absolute Gasteiger partial charge is 0.239 e. The minimum absolute atomic E-state index is 0.0624. The van der Waals surface area contributed by atoms with E-state index in [1.165, 1.54) is 12.8 Å². The maximum absolute atomic E-state index is 11.6. The van der Waals surface area contributed by atoms with Crippen LogP contribution in [0.25, 0.3) is 0 Å². The highest BCUT2D eigenvalue weighted by Gasteiger charge is 2.07. The van der Waals surface area contributed by atoms with Crippen LogP contribution in [0.4, 0.5) is 0 Å². The lowest BCUT2D eigenvalue weighted by molar-refractivity contribution is -0.120. The summed E-state index contributed by atoms with van der Waals surface area (Å²) in [5, 5.41) is 5.81. The predicted octanol–water partition coefficient (Wildman–Crippen LogP) is 1.00. The van der Waals surface area contributed by atoms with Gasteiger partial charge in [-0.25, -0.2) is 0 Å². The molecule has 0 unspecified atom stereocenters. The van der Waals surface area contributed by atoms with E-state index in [9.17, 15) is 4.79 Å². The van der Waals surface area contributed by atoms with Gasteiger partial charge in [-0.1, -0.05) is 12.5 Å². The first kappa shape index (κ1) is 19.4. The van der Waals surface area contributed by atoms with E-state index < -0.39 is 0 Å². The Morgan fingerprint density at radius 3 is 2.71 bits per heavy atom. The molecule has 122 valence electrons. The number of amides is 1. The fraction of sp³-hybridized carbons (Fsp3) is 0.733. The zero-order valence-corrected chi connectivity index (χ0v) is 13.7. The lowest BCUT2D eigenvalue weighted by Gasteiger charge is -2.21. The number of allylic oxidation sites excluding steroid dienone is 1. The summed E-state index contributed by atoms with van der Waals surface area (Å²) < 4.78 is 4.88. The van der Waals surface area contributed by atoms with Gasteiger partial charge in [-0.05, 0) is 19.3 Å². The second-order valence-corrected chi connectivity index (χ2v) is 4.80. The molecule has 0 aromatic carbocycles. The fourth-order valence-corrected chi connectivity index (χ4v) is 1.82. The van der Waals surface area contributed by atoms with Crippen LogP contribution in [0.15, 0.2) is 17.6 Å². The van der Waals surface area contributed by atoms with Crippen molar-refractivity contribution in [1.29, 1.82) is 0 Å². The quantitative estimate of drug-likeness (QED) is 0.258. The number of guanidine groups is 1. The summed E-state index contributed by atoms with van der Waals surface area (Å²) in [6.45, 7) is 5.90. The predicted molar refractivity (Wildman–Crippen MR) is 87.5 cm³/mol. The summed E-state index contributed by atoms with van der Waals surface area (Å²) in [6.07, 6.45) is 6.46. The van der Waals surface area contributed by atoms with Crippen LogP contribution in [0.1, 0.15) is 25.7 Å². The van der Waals surface area contributed by atoms with E-state index >= 15 is 0 Å². The molecule has 0 fully saturated rings. The number of unbranched alkanes of at least 4 members (excludes halogenated alkanes) is 3. The first-order chi connectivity index (χ1) is 10.2. The molecule has 6 heteroatoms. The second-order valence-electron chi connectivity index (χ2n) is 4.80. The monoisotopic (exact) mass is 298 g/mol. The van der Waals surface area contributed by atoms with Crippen LogP contribution in [0.3, 0.4) is 0 Å². The van der Waals surface area contributed by atoms with E-state index in [0.717, 1.165) is 25.3 Å². The summed E-state index contributed by atoms with van der Waals surface area (Å²) in [5.41, 5.74) is 0. The number of carbonyl (C=O) groups excluding carboxylic acids is 1. The summed E-state index contributed by atoms with van der Waals surface area (Å²) in [7, 11) is 5.31. The molecule has 0 spiro atoms. The Balaban J connectivity index is 3.87. The number of ether oxygens (including phenoxy) is 1. The van der Waals surface area contributed by atoms with Crippen molar-refractivity contribution in [2.75, 3.05) is 47.4 Å². The van der Waals surface area contributed by atoms with Gasteiger partial charge < -0.3 is 20.3 Å². The molecular weight excluding hydrogens is 268 g/mol. The lowest BCUT2D eigenvalue weighted by Crippen LogP contribution is -2.44. The molecule has 2 N–H and O–H groups in total. The molecule has 0 saturated heterocycles. The van der Waals surface area contributed by atoms with Crippen molar-refractivity contribution >= 4 is 11.9 Å². The van der Waals surface area contributed by atoms with E-state index in [2.05, 4.69) is 22.2 Å². The summed E-state index contributed by atoms with van der Waals surface area (Å²) in [4.78, 5) is 17.8. The molecule has 0 aromatic heterocycles. The highest BCUT2D eigenvalue weighted by molar-refractivity contribution is 5.86. The maximum Gasteiger partial charge on any atom is 0.239 e. The van der Waals surface area contributed by atoms with Crippen LogP contribution in [-0.2, 0) is 9.53 Å². The number of carbonyl (C=O) groups is 1. The molecule has 0 bridgehead atoms. The summed E-state index contributed by atoms with van der Waals surface area (Å²) >= 11 is 0. The zero-order valence-electron chi connectivity index (χ0n) is 13.7. The van der Waals surface area contributed by atoms with Gasteiger partial charge in [0.1, 0.15) is 0 Å². The summed E-state index contributed by atoms with van der Waals surface area (Å²) in [5.74, 6) is 0.674. The molecule has 1 amide bonds. The Hall–Kier alpha value is -1.56. The molecule has 0 atom stereocenters. The number of nitrogens with one attached hydrogen (secondary N) is 2. The number of aliphatic imine (C=N–C) groups is 1. The van der Waals surface area contributed by atoms with Gasteiger partial charge in [0.05, 0.1) is 13.2 Å². The number of methoxy groups -OCH3 is 1. The van der Waals surface area contributed by atoms with Crippen molar-refractivity contribution in [3.63, 3.8) is 0 Å². The molecule has 0 saturated carbocycles. The Morgan fingerprint density at radius 2 is 2.10 bits per heavy atom. The van der Waals surface area contributed by atoms with E-state index in [1.807, 2.05) is 18.0 Å². The first-order valence-corrected chi connectivity index (χ1v) is 7.44. The Morgan fingerprint density at radius 1 is 1.33 bits per heavy atom. The van der Waals surface area contributed by atoms with Crippen molar-refractivity contribution in [2.24, 2.45) is 4.99 Å². The topological polar surface area (TPSA) is 66.0 Å². The van der Waals surface area contributed by atoms with Crippen molar-refractivity contribution in [3.05, 3.63) is 12.7 Å². The number of hydrogen-bond acceptors (Lipinski definition) is 3. The number of hydrogen-bond donors (Lipinski definition) is 2. The summed E-state index contributed by atoms with van der Waals surface area (Å²) in [6, 6.07) is 0. The minimum Gasteiger partial charge on any atom is -0.383 e. The van der Waals surface area contributed by atoms with Crippen LogP contribution in [-0.4, -0.2) is 64.2 Å². The van der Waals surface area contributed by atoms with Crippen LogP contribution in [0.5, 0.6) is 0 Å². The number of rotatable bonds is 11. The van der Waals surface area contributed by atoms with Gasteiger partial charge in [0.15, 0.2) is 5.96 Å². The zero-order chi connectivity index (χ0) is 15.9. The van der Waals surface area contributed by atoms with E-state index in [4.69, 9.17) is 4.74 Å². The molecule has 0 heterocycles. The average Bonchev–Trinajstić information content (AvgIpc) is 2.48. The molecule has 0 aliphatic carbocycles. The molecule has 21 heavy (non-hydrogen) atoms. The van der Waals surface area contributed by atoms with Crippen molar-refractivity contribution in [1.82, 2.24) is 15.5 Å². The fourth-order valence-electron chi connectivity index (χ4n) is 1.82. The van der Waals surface area contributed by atoms with Crippen molar-refractivity contribution in [3.8, 4) is 0 Å². The first-order valence-electron chi connectivity index (χ1n) is 7.44. The Bertz CT molecular complexity index is 319. The highest BCUT2D eigenvalue weighted by Crippen LogP contribution is 2.01. The molecule has 0 aliphatic rings. The standard InChI is InChI=1S/C15H30N4O2/c1-5-6-7-8-9-11-19(3)15(16-2)18-13-14(20)17-10-12-21-4/h5H,1,6-13H2,2-4H3,(H,16,18)(H,17,20). The van der Waals surface area contributed by atoms with Crippen LogP contribution in [0.2, 0.25) is 0 Å². The molecular formula is C15H30N4O2. The molecule has 0 aromatic rings. The third kappa shape index (κ3) is 10.8. The van der Waals surface area contributed by atoms with Gasteiger partial charge in [-0.3, -0.25) is 9.79 Å². The molecule has 0 radical (unpaired) electrons. The lowest BCUT2D eigenvalue weighted by atomic mass is 10.2. The van der Waals surface area contributed by atoms with Crippen LogP contribution >= 0.6 is 0 Å². The van der Waals surface area contributed by atoms with E-state index in [1.54, 1.807) is 14.2 Å². The minimum atomic E-state index is -0.0624. The highest BCUT2D eigenvalue weighted by atomic mass is 16.5. The largest absolute Gasteiger partial charge is 0.383 e. The van der Waals surface area contributed by atoms with Crippen LogP contribution in [0, 0.1) is 0 Å². The van der Waals surface area contributed by atoms with Gasteiger partial charge in [0.2, 0.25) is 5.91 Å². The van der Waals surface area contributed by atoms with Gasteiger partial charge >= 0.3 is 0 Å². The van der Waals surface area contributed by atoms with E-state index in [-0.39, 0.29) is 12.5 Å². The third-order valence-electron chi connectivity index (χ3n) is 3.01. The number of nitrogens with zero attached hydrogens (tertiary/aromatic N) is 2. The van der Waals surface area contributed by atoms with Gasteiger partial charge in [0.25, 0.3) is 0 Å². The van der Waals surface area contributed by atoms with E-state index in [0.29, 0.717) is 13.2 Å². The normalized spacial score (nSPS) is 11.1. The SMILES string of the molecule is C=CCCCCCN(C)C(=NC)NCC(=O)NCCOC.